The first-order valence-electron chi connectivity index (χ1n) is 10.6. The minimum atomic E-state index is -0.262. The lowest BCUT2D eigenvalue weighted by Gasteiger charge is -2.36. The van der Waals surface area contributed by atoms with Crippen molar-refractivity contribution >= 4 is 10.9 Å². The highest BCUT2D eigenvalue weighted by Gasteiger charge is 2.25. The molecule has 0 amide bonds. The van der Waals surface area contributed by atoms with Gasteiger partial charge in [-0.15, -0.1) is 0 Å². The van der Waals surface area contributed by atoms with Gasteiger partial charge in [0.25, 0.3) is 0 Å². The molecule has 32 heavy (non-hydrogen) atoms. The molecular formula is C26H22F2N4. The zero-order chi connectivity index (χ0) is 22.1. The molecule has 4 nitrogen and oxygen atoms in total. The van der Waals surface area contributed by atoms with Crippen molar-refractivity contribution in [1.82, 2.24) is 15.2 Å². The van der Waals surface area contributed by atoms with E-state index in [-0.39, 0.29) is 17.7 Å². The minimum absolute atomic E-state index is 0.0433. The predicted molar refractivity (Wildman–Crippen MR) is 121 cm³/mol. The zero-order valence-electron chi connectivity index (χ0n) is 17.4. The lowest BCUT2D eigenvalue weighted by molar-refractivity contribution is 0.152. The van der Waals surface area contributed by atoms with E-state index < -0.39 is 0 Å². The maximum atomic E-state index is 14.8. The van der Waals surface area contributed by atoms with Crippen LogP contribution in [0.4, 0.5) is 8.78 Å². The first-order chi connectivity index (χ1) is 15.6. The fourth-order valence-corrected chi connectivity index (χ4v) is 4.44. The second-order valence-corrected chi connectivity index (χ2v) is 8.12. The number of rotatable bonds is 4. The van der Waals surface area contributed by atoms with Crippen LogP contribution < -0.4 is 5.32 Å². The highest BCUT2D eigenvalue weighted by Crippen LogP contribution is 2.30. The van der Waals surface area contributed by atoms with Crippen LogP contribution >= 0.6 is 0 Å². The van der Waals surface area contributed by atoms with Crippen molar-refractivity contribution in [2.75, 3.05) is 19.6 Å². The van der Waals surface area contributed by atoms with Crippen molar-refractivity contribution in [3.05, 3.63) is 95.2 Å². The number of fused-ring (bicyclic) bond motifs is 1. The molecule has 1 aliphatic heterocycles. The molecule has 2 N–H and O–H groups in total. The predicted octanol–water partition coefficient (Wildman–Crippen LogP) is 5.13. The van der Waals surface area contributed by atoms with E-state index in [4.69, 9.17) is 0 Å². The van der Waals surface area contributed by atoms with Gasteiger partial charge >= 0.3 is 0 Å². The number of benzene rings is 3. The Hall–Kier alpha value is -3.53. The number of hydrogen-bond donors (Lipinski definition) is 2. The van der Waals surface area contributed by atoms with Crippen LogP contribution in [0.2, 0.25) is 0 Å². The average Bonchev–Trinajstić information content (AvgIpc) is 3.24. The molecule has 0 saturated carbocycles. The third kappa shape index (κ3) is 3.89. The van der Waals surface area contributed by atoms with Crippen molar-refractivity contribution in [3.63, 3.8) is 0 Å². The Morgan fingerprint density at radius 1 is 1.00 bits per heavy atom. The van der Waals surface area contributed by atoms with Crippen LogP contribution in [0.15, 0.2) is 66.9 Å². The van der Waals surface area contributed by atoms with Gasteiger partial charge in [0, 0.05) is 54.9 Å². The number of piperazine rings is 1. The number of H-pyrrole nitrogens is 1. The zero-order valence-corrected chi connectivity index (χ0v) is 17.4. The Kier molecular flexibility index (Phi) is 5.44. The van der Waals surface area contributed by atoms with Gasteiger partial charge in [0.1, 0.15) is 17.7 Å². The quantitative estimate of drug-likeness (QED) is 0.474. The van der Waals surface area contributed by atoms with E-state index in [0.29, 0.717) is 17.7 Å². The minimum Gasteiger partial charge on any atom is -0.360 e. The third-order valence-electron chi connectivity index (χ3n) is 6.16. The van der Waals surface area contributed by atoms with Crippen LogP contribution in [0.25, 0.3) is 22.0 Å². The van der Waals surface area contributed by atoms with E-state index >= 15 is 0 Å². The normalized spacial score (nSPS) is 16.8. The van der Waals surface area contributed by atoms with Crippen molar-refractivity contribution in [1.29, 1.82) is 5.26 Å². The number of nitrogens with one attached hydrogen (secondary N) is 2. The van der Waals surface area contributed by atoms with Crippen LogP contribution in [0.5, 0.6) is 0 Å². The fourth-order valence-electron chi connectivity index (χ4n) is 4.44. The highest BCUT2D eigenvalue weighted by atomic mass is 19.1. The van der Waals surface area contributed by atoms with Crippen molar-refractivity contribution in [2.24, 2.45) is 0 Å². The van der Waals surface area contributed by atoms with E-state index in [9.17, 15) is 14.0 Å². The molecule has 160 valence electrons. The van der Waals surface area contributed by atoms with Crippen LogP contribution in [0.1, 0.15) is 22.7 Å². The molecule has 0 spiro atoms. The Labute approximate surface area is 185 Å². The monoisotopic (exact) mass is 428 g/mol. The Morgan fingerprint density at radius 2 is 1.78 bits per heavy atom. The standard InChI is InChI=1S/C26H22F2N4/c27-22-5-1-17(2-6-22)26-15-30-9-10-32(26)16-20-11-18(3-7-24(20)28)19-4-8-25-23(12-19)21(13-29)14-31-25/h1-8,11-12,14,26,30-31H,9-10,15-16H2. The molecule has 1 aliphatic rings. The Morgan fingerprint density at radius 3 is 2.59 bits per heavy atom. The van der Waals surface area contributed by atoms with Crippen LogP contribution in [-0.2, 0) is 6.54 Å². The summed E-state index contributed by atoms with van der Waals surface area (Å²) in [5, 5.41) is 13.6. The van der Waals surface area contributed by atoms with Crippen LogP contribution in [0, 0.1) is 23.0 Å². The number of aromatic nitrogens is 1. The number of halogens is 2. The van der Waals surface area contributed by atoms with Gasteiger partial charge < -0.3 is 10.3 Å². The first kappa shape index (κ1) is 20.4. The molecule has 5 rings (SSSR count). The van der Waals surface area contributed by atoms with Crippen molar-refractivity contribution in [3.8, 4) is 17.2 Å². The van der Waals surface area contributed by atoms with Crippen molar-refractivity contribution < 1.29 is 8.78 Å². The molecule has 1 unspecified atom stereocenters. The second-order valence-electron chi connectivity index (χ2n) is 8.12. The van der Waals surface area contributed by atoms with E-state index in [0.717, 1.165) is 47.2 Å². The highest BCUT2D eigenvalue weighted by molar-refractivity contribution is 5.89. The molecule has 1 aromatic heterocycles. The SMILES string of the molecule is N#Cc1c[nH]c2ccc(-c3ccc(F)c(CN4CCNCC4c4ccc(F)cc4)c3)cc12. The van der Waals surface area contributed by atoms with E-state index in [1.54, 1.807) is 24.4 Å². The average molecular weight is 428 g/mol. The molecule has 1 atom stereocenters. The number of nitrogens with zero attached hydrogens (tertiary/aromatic N) is 2. The molecule has 3 aromatic carbocycles. The maximum Gasteiger partial charge on any atom is 0.127 e. The summed E-state index contributed by atoms with van der Waals surface area (Å²) in [6, 6.07) is 19.8. The second kappa shape index (κ2) is 8.54. The summed E-state index contributed by atoms with van der Waals surface area (Å²) < 4.78 is 28.2. The van der Waals surface area contributed by atoms with E-state index in [1.807, 2.05) is 24.3 Å². The number of nitriles is 1. The molecule has 6 heteroatoms. The molecule has 0 radical (unpaired) electrons. The topological polar surface area (TPSA) is 54.9 Å². The summed E-state index contributed by atoms with van der Waals surface area (Å²) in [6.45, 7) is 2.78. The molecule has 2 heterocycles. The van der Waals surface area contributed by atoms with Gasteiger partial charge in [-0.25, -0.2) is 8.78 Å². The smallest absolute Gasteiger partial charge is 0.127 e. The fraction of sp³-hybridized carbons (Fsp3) is 0.192. The van der Waals surface area contributed by atoms with E-state index in [1.165, 1.54) is 18.2 Å². The summed E-state index contributed by atoms with van der Waals surface area (Å²) in [5.41, 5.74) is 4.96. The Balaban J connectivity index is 1.46. The lowest BCUT2D eigenvalue weighted by atomic mass is 9.99. The van der Waals surface area contributed by atoms with Gasteiger partial charge in [0.2, 0.25) is 0 Å². The number of aromatic amines is 1. The summed E-state index contributed by atoms with van der Waals surface area (Å²) in [7, 11) is 0. The third-order valence-corrected chi connectivity index (χ3v) is 6.16. The summed E-state index contributed by atoms with van der Waals surface area (Å²) >= 11 is 0. The van der Waals surface area contributed by atoms with Gasteiger partial charge in [-0.05, 0) is 53.1 Å². The van der Waals surface area contributed by atoms with E-state index in [2.05, 4.69) is 21.3 Å². The summed E-state index contributed by atoms with van der Waals surface area (Å²) in [4.78, 5) is 5.33. The molecule has 1 fully saturated rings. The van der Waals surface area contributed by atoms with Crippen LogP contribution in [0.3, 0.4) is 0 Å². The molecule has 0 aliphatic carbocycles. The largest absolute Gasteiger partial charge is 0.360 e. The van der Waals surface area contributed by atoms with Crippen molar-refractivity contribution in [2.45, 2.75) is 12.6 Å². The van der Waals surface area contributed by atoms with Gasteiger partial charge in [0.15, 0.2) is 0 Å². The first-order valence-corrected chi connectivity index (χ1v) is 10.6. The summed E-state index contributed by atoms with van der Waals surface area (Å²) in [5.74, 6) is -0.507. The maximum absolute atomic E-state index is 14.8. The molecule has 0 bridgehead atoms. The molecule has 4 aromatic rings. The van der Waals surface area contributed by atoms with Gasteiger partial charge in [-0.2, -0.15) is 5.26 Å². The van der Waals surface area contributed by atoms with Gasteiger partial charge in [-0.1, -0.05) is 24.3 Å². The molecular weight excluding hydrogens is 406 g/mol. The van der Waals surface area contributed by atoms with Gasteiger partial charge in [-0.3, -0.25) is 4.90 Å². The Bertz CT molecular complexity index is 1300. The molecule has 1 saturated heterocycles. The summed E-state index contributed by atoms with van der Waals surface area (Å²) in [6.07, 6.45) is 1.70. The van der Waals surface area contributed by atoms with Crippen LogP contribution in [-0.4, -0.2) is 29.5 Å². The number of hydrogen-bond acceptors (Lipinski definition) is 3. The lowest BCUT2D eigenvalue weighted by Crippen LogP contribution is -2.45. The van der Waals surface area contributed by atoms with Gasteiger partial charge in [0.05, 0.1) is 5.56 Å².